The van der Waals surface area contributed by atoms with Gasteiger partial charge in [-0.15, -0.1) is 0 Å². The molecule has 27 heavy (non-hydrogen) atoms. The largest absolute Gasteiger partial charge is 0.357 e. The van der Waals surface area contributed by atoms with Gasteiger partial charge in [0, 0.05) is 32.2 Å². The highest BCUT2D eigenvalue weighted by molar-refractivity contribution is 8.26. The van der Waals surface area contributed by atoms with Gasteiger partial charge in [-0.1, -0.05) is 30.9 Å². The molecule has 8 heteroatoms. The Morgan fingerprint density at radius 1 is 1.30 bits per heavy atom. The van der Waals surface area contributed by atoms with Crippen molar-refractivity contribution in [3.05, 3.63) is 31.9 Å². The summed E-state index contributed by atoms with van der Waals surface area (Å²) in [6, 6.07) is 2.07. The molecule has 2 fully saturated rings. The van der Waals surface area contributed by atoms with Gasteiger partial charge in [-0.3, -0.25) is 19.1 Å². The number of thiocarbonyl (C=S) groups is 1. The molecule has 0 bridgehead atoms. The number of thioether (sulfide) groups is 1. The first-order chi connectivity index (χ1) is 12.9. The van der Waals surface area contributed by atoms with Gasteiger partial charge < -0.3 is 4.90 Å². The number of carbonyl (C=O) groups excluding carboxylic acids is 1. The van der Waals surface area contributed by atoms with E-state index in [2.05, 4.69) is 11.0 Å². The third kappa shape index (κ3) is 3.42. The number of likely N-dealkylation sites (N-methyl/N-ethyl adjacent to an activating group) is 1. The molecule has 0 aliphatic carbocycles. The third-order valence-corrected chi connectivity index (χ3v) is 6.45. The first kappa shape index (κ1) is 19.6. The molecule has 0 atom stereocenters. The molecule has 0 unspecified atom stereocenters. The van der Waals surface area contributed by atoms with Gasteiger partial charge in [-0.05, 0) is 37.8 Å². The fraction of sp³-hybridized carbons (Fsp3) is 0.474. The van der Waals surface area contributed by atoms with Crippen molar-refractivity contribution in [3.63, 3.8) is 0 Å². The van der Waals surface area contributed by atoms with Gasteiger partial charge in [0.25, 0.3) is 11.5 Å². The number of hydrogen-bond acceptors (Lipinski definition) is 6. The Bertz CT molecular complexity index is 936. The maximum atomic E-state index is 12.9. The summed E-state index contributed by atoms with van der Waals surface area (Å²) < 4.78 is 2.21. The standard InChI is InChI=1S/C19H22N4O2S2/c1-4-7-23-16(22-8-5-6-9-22)13(12(2)14(11-20)17(23)24)10-15-18(25)21(3)19(26)27-15/h10H,4-9H2,1-3H3/b15-10-. The van der Waals surface area contributed by atoms with Gasteiger partial charge >= 0.3 is 0 Å². The van der Waals surface area contributed by atoms with Crippen LogP contribution in [0.3, 0.4) is 0 Å². The molecule has 6 nitrogen and oxygen atoms in total. The lowest BCUT2D eigenvalue weighted by Crippen LogP contribution is -2.33. The van der Waals surface area contributed by atoms with E-state index in [0.29, 0.717) is 21.3 Å². The van der Waals surface area contributed by atoms with Gasteiger partial charge in [0.05, 0.1) is 4.91 Å². The van der Waals surface area contributed by atoms with Crippen LogP contribution in [-0.2, 0) is 11.3 Å². The van der Waals surface area contributed by atoms with Gasteiger partial charge in [0.1, 0.15) is 21.8 Å². The summed E-state index contributed by atoms with van der Waals surface area (Å²) >= 11 is 6.48. The Balaban J connectivity index is 2.30. The van der Waals surface area contributed by atoms with Crippen LogP contribution in [0.1, 0.15) is 42.9 Å². The number of hydrogen-bond donors (Lipinski definition) is 0. The summed E-state index contributed by atoms with van der Waals surface area (Å²) in [5.41, 5.74) is 1.29. The number of aromatic nitrogens is 1. The molecule has 1 aromatic rings. The number of anilines is 1. The van der Waals surface area contributed by atoms with Crippen molar-refractivity contribution in [1.82, 2.24) is 9.47 Å². The Kier molecular flexibility index (Phi) is 5.72. The zero-order valence-electron chi connectivity index (χ0n) is 15.7. The summed E-state index contributed by atoms with van der Waals surface area (Å²) in [6.07, 6.45) is 4.72. The second-order valence-corrected chi connectivity index (χ2v) is 8.42. The minimum atomic E-state index is -0.251. The molecular formula is C19H22N4O2S2. The van der Waals surface area contributed by atoms with Crippen molar-refractivity contribution >= 4 is 46.1 Å². The summed E-state index contributed by atoms with van der Waals surface area (Å²) in [4.78, 5) is 29.6. The van der Waals surface area contributed by atoms with Crippen LogP contribution in [0.2, 0.25) is 0 Å². The second kappa shape index (κ2) is 7.87. The average molecular weight is 403 g/mol. The fourth-order valence-corrected chi connectivity index (χ4v) is 4.68. The highest BCUT2D eigenvalue weighted by Crippen LogP contribution is 2.35. The Labute approximate surface area is 168 Å². The summed E-state index contributed by atoms with van der Waals surface area (Å²) in [7, 11) is 1.66. The SMILES string of the molecule is CCCn1c(N2CCCC2)c(/C=C2\SC(=S)N(C)C2=O)c(C)c(C#N)c1=O. The molecule has 2 aliphatic heterocycles. The van der Waals surface area contributed by atoms with Crippen LogP contribution in [0.4, 0.5) is 5.82 Å². The summed E-state index contributed by atoms with van der Waals surface area (Å²) in [5, 5.41) is 9.57. The van der Waals surface area contributed by atoms with Crippen molar-refractivity contribution < 1.29 is 4.79 Å². The first-order valence-corrected chi connectivity index (χ1v) is 10.3. The quantitative estimate of drug-likeness (QED) is 0.570. The predicted molar refractivity (Wildman–Crippen MR) is 113 cm³/mol. The zero-order chi connectivity index (χ0) is 19.7. The van der Waals surface area contributed by atoms with E-state index in [1.54, 1.807) is 24.6 Å². The Morgan fingerprint density at radius 2 is 1.96 bits per heavy atom. The molecule has 0 aromatic carbocycles. The van der Waals surface area contributed by atoms with Gasteiger partial charge in [-0.2, -0.15) is 5.26 Å². The molecule has 2 aliphatic rings. The molecule has 3 rings (SSSR count). The summed E-state index contributed by atoms with van der Waals surface area (Å²) in [6.45, 7) is 6.06. The fourth-order valence-electron chi connectivity index (χ4n) is 3.52. The molecule has 0 saturated carbocycles. The van der Waals surface area contributed by atoms with Crippen molar-refractivity contribution in [3.8, 4) is 6.07 Å². The summed E-state index contributed by atoms with van der Waals surface area (Å²) in [5.74, 6) is 0.667. The predicted octanol–water partition coefficient (Wildman–Crippen LogP) is 2.87. The van der Waals surface area contributed by atoms with Crippen LogP contribution in [-0.4, -0.2) is 39.8 Å². The van der Waals surface area contributed by atoms with E-state index >= 15 is 0 Å². The smallest absolute Gasteiger partial charge is 0.270 e. The number of amides is 1. The molecule has 0 radical (unpaired) electrons. The first-order valence-electron chi connectivity index (χ1n) is 9.04. The zero-order valence-corrected chi connectivity index (χ0v) is 17.4. The molecule has 0 spiro atoms. The lowest BCUT2D eigenvalue weighted by atomic mass is 10.0. The molecular weight excluding hydrogens is 380 g/mol. The monoisotopic (exact) mass is 402 g/mol. The number of rotatable bonds is 4. The molecule has 1 aromatic heterocycles. The Morgan fingerprint density at radius 3 is 2.48 bits per heavy atom. The van der Waals surface area contributed by atoms with Gasteiger partial charge in [0.2, 0.25) is 0 Å². The van der Waals surface area contributed by atoms with E-state index < -0.39 is 0 Å². The van der Waals surface area contributed by atoms with Crippen LogP contribution < -0.4 is 10.5 Å². The highest BCUT2D eigenvalue weighted by atomic mass is 32.2. The highest BCUT2D eigenvalue weighted by Gasteiger charge is 2.31. The van der Waals surface area contributed by atoms with Crippen molar-refractivity contribution in [1.29, 1.82) is 5.26 Å². The number of pyridine rings is 1. The van der Waals surface area contributed by atoms with E-state index in [-0.39, 0.29) is 17.0 Å². The lowest BCUT2D eigenvalue weighted by molar-refractivity contribution is -0.121. The van der Waals surface area contributed by atoms with Gasteiger partial charge in [0.15, 0.2) is 0 Å². The van der Waals surface area contributed by atoms with E-state index in [9.17, 15) is 14.9 Å². The van der Waals surface area contributed by atoms with E-state index in [0.717, 1.165) is 43.7 Å². The maximum absolute atomic E-state index is 12.9. The van der Waals surface area contributed by atoms with E-state index in [1.807, 2.05) is 6.92 Å². The van der Waals surface area contributed by atoms with Gasteiger partial charge in [-0.25, -0.2) is 0 Å². The lowest BCUT2D eigenvalue weighted by Gasteiger charge is -2.26. The van der Waals surface area contributed by atoms with Crippen LogP contribution in [0.15, 0.2) is 9.70 Å². The average Bonchev–Trinajstić information content (AvgIpc) is 3.25. The third-order valence-electron chi connectivity index (χ3n) is 4.96. The topological polar surface area (TPSA) is 69.3 Å². The second-order valence-electron chi connectivity index (χ2n) is 6.74. The Hall–Kier alpha value is -2.11. The van der Waals surface area contributed by atoms with E-state index in [1.165, 1.54) is 16.7 Å². The number of nitrogens with zero attached hydrogens (tertiary/aromatic N) is 4. The van der Waals surface area contributed by atoms with E-state index in [4.69, 9.17) is 12.2 Å². The van der Waals surface area contributed by atoms with Crippen molar-refractivity contribution in [2.24, 2.45) is 0 Å². The number of carbonyl (C=O) groups is 1. The molecule has 2 saturated heterocycles. The van der Waals surface area contributed by atoms with Crippen molar-refractivity contribution in [2.75, 3.05) is 25.0 Å². The maximum Gasteiger partial charge on any atom is 0.270 e. The molecule has 142 valence electrons. The van der Waals surface area contributed by atoms with Crippen LogP contribution in [0.5, 0.6) is 0 Å². The van der Waals surface area contributed by atoms with Crippen LogP contribution in [0, 0.1) is 18.3 Å². The molecule has 0 N–H and O–H groups in total. The van der Waals surface area contributed by atoms with Crippen LogP contribution in [0.25, 0.3) is 6.08 Å². The minimum absolute atomic E-state index is 0.143. The molecule has 1 amide bonds. The molecule has 3 heterocycles. The number of nitriles is 1. The minimum Gasteiger partial charge on any atom is -0.357 e. The van der Waals surface area contributed by atoms with Crippen molar-refractivity contribution in [2.45, 2.75) is 39.7 Å². The normalized spacial score (nSPS) is 18.7. The van der Waals surface area contributed by atoms with Crippen LogP contribution >= 0.6 is 24.0 Å².